The number of aromatic hydroxyl groups is 2. The average molecular weight is 291 g/mol. The van der Waals surface area contributed by atoms with E-state index in [1.54, 1.807) is 24.3 Å². The minimum atomic E-state index is -0.0400. The van der Waals surface area contributed by atoms with E-state index in [2.05, 4.69) is 4.98 Å². The molecule has 0 atom stereocenters. The summed E-state index contributed by atoms with van der Waals surface area (Å²) < 4.78 is 0. The van der Waals surface area contributed by atoms with Crippen molar-refractivity contribution in [3.63, 3.8) is 0 Å². The Kier molecular flexibility index (Phi) is 3.79. The van der Waals surface area contributed by atoms with Crippen molar-refractivity contribution in [2.75, 3.05) is 0 Å². The summed E-state index contributed by atoms with van der Waals surface area (Å²) >= 11 is 0. The minimum Gasteiger partial charge on any atom is -0.508 e. The molecule has 1 aromatic heterocycles. The Hall–Kier alpha value is -2.81. The Morgan fingerprint density at radius 3 is 1.64 bits per heavy atom. The summed E-state index contributed by atoms with van der Waals surface area (Å²) in [4.78, 5) is 4.55. The van der Waals surface area contributed by atoms with Gasteiger partial charge in [-0.2, -0.15) is 0 Å². The first-order valence-corrected chi connectivity index (χ1v) is 7.14. The molecule has 3 rings (SSSR count). The van der Waals surface area contributed by atoms with E-state index in [9.17, 15) is 10.2 Å². The van der Waals surface area contributed by atoms with Crippen molar-refractivity contribution in [1.29, 1.82) is 0 Å². The number of phenols is 2. The van der Waals surface area contributed by atoms with Gasteiger partial charge in [-0.25, -0.2) is 0 Å². The Labute approximate surface area is 129 Å². The number of phenolic OH excluding ortho intramolecular Hbond substituents is 2. The molecular weight excluding hydrogens is 274 g/mol. The summed E-state index contributed by atoms with van der Waals surface area (Å²) in [6.45, 7) is 2.01. The van der Waals surface area contributed by atoms with E-state index in [-0.39, 0.29) is 17.4 Å². The van der Waals surface area contributed by atoms with Crippen LogP contribution < -0.4 is 0 Å². The molecule has 0 saturated carbocycles. The van der Waals surface area contributed by atoms with Crippen molar-refractivity contribution in [1.82, 2.24) is 4.98 Å². The molecule has 22 heavy (non-hydrogen) atoms. The number of hydrogen-bond donors (Lipinski definition) is 2. The molecule has 1 heterocycles. The maximum Gasteiger partial charge on any atom is 0.115 e. The molecule has 3 nitrogen and oxygen atoms in total. The zero-order valence-corrected chi connectivity index (χ0v) is 12.3. The molecule has 0 fully saturated rings. The third kappa shape index (κ3) is 2.93. The minimum absolute atomic E-state index is 0.0400. The highest BCUT2D eigenvalue weighted by molar-refractivity contribution is 5.43. The van der Waals surface area contributed by atoms with Crippen molar-refractivity contribution in [3.05, 3.63) is 89.2 Å². The quantitative estimate of drug-likeness (QED) is 0.767. The molecule has 0 unspecified atom stereocenters. The predicted octanol–water partition coefficient (Wildman–Crippen LogP) is 3.98. The van der Waals surface area contributed by atoms with Gasteiger partial charge in [0.25, 0.3) is 0 Å². The Balaban J connectivity index is 2.10. The zero-order valence-electron chi connectivity index (χ0n) is 12.3. The average Bonchev–Trinajstić information content (AvgIpc) is 2.53. The molecule has 110 valence electrons. The summed E-state index contributed by atoms with van der Waals surface area (Å²) in [6, 6.07) is 18.4. The van der Waals surface area contributed by atoms with E-state index in [1.807, 2.05) is 49.5 Å². The van der Waals surface area contributed by atoms with Gasteiger partial charge >= 0.3 is 0 Å². The number of hydrogen-bond acceptors (Lipinski definition) is 3. The summed E-state index contributed by atoms with van der Waals surface area (Å²) in [5, 5.41) is 19.0. The van der Waals surface area contributed by atoms with E-state index in [0.717, 1.165) is 22.4 Å². The molecule has 0 spiro atoms. The van der Waals surface area contributed by atoms with Crippen LogP contribution in [-0.4, -0.2) is 15.2 Å². The van der Waals surface area contributed by atoms with Crippen LogP contribution in [0.3, 0.4) is 0 Å². The number of aryl methyl sites for hydroxylation is 1. The largest absolute Gasteiger partial charge is 0.508 e. The Bertz CT molecular complexity index is 639. The second-order valence-corrected chi connectivity index (χ2v) is 5.38. The third-order valence-corrected chi connectivity index (χ3v) is 3.68. The van der Waals surface area contributed by atoms with Crippen molar-refractivity contribution in [2.24, 2.45) is 0 Å². The van der Waals surface area contributed by atoms with E-state index < -0.39 is 0 Å². The van der Waals surface area contributed by atoms with Gasteiger partial charge in [0.2, 0.25) is 0 Å². The van der Waals surface area contributed by atoms with Crippen molar-refractivity contribution < 1.29 is 10.2 Å². The number of aromatic nitrogens is 1. The molecule has 0 bridgehead atoms. The summed E-state index contributed by atoms with van der Waals surface area (Å²) in [6.07, 6.45) is 1.85. The molecule has 0 radical (unpaired) electrons. The summed E-state index contributed by atoms with van der Waals surface area (Å²) in [7, 11) is 0. The maximum atomic E-state index is 9.50. The van der Waals surface area contributed by atoms with Gasteiger partial charge in [0.05, 0.1) is 11.6 Å². The number of rotatable bonds is 3. The first kappa shape index (κ1) is 14.1. The highest BCUT2D eigenvalue weighted by Crippen LogP contribution is 2.32. The van der Waals surface area contributed by atoms with Gasteiger partial charge in [-0.3, -0.25) is 4.98 Å². The molecule has 3 aromatic rings. The molecule has 2 aromatic carbocycles. The van der Waals surface area contributed by atoms with Gasteiger partial charge in [-0.1, -0.05) is 30.3 Å². The standard InChI is InChI=1S/C19H17NO2/c1-13-2-11-18(20-12-13)19(14-3-7-16(21)8-4-14)15-5-9-17(22)10-6-15/h2-12,19,21-22H,1H3. The molecule has 2 N–H and O–H groups in total. The fourth-order valence-corrected chi connectivity index (χ4v) is 2.52. The van der Waals surface area contributed by atoms with Crippen LogP contribution in [0, 0.1) is 6.92 Å². The maximum absolute atomic E-state index is 9.50. The van der Waals surface area contributed by atoms with Crippen LogP contribution in [0.5, 0.6) is 11.5 Å². The van der Waals surface area contributed by atoms with Crippen molar-refractivity contribution in [2.45, 2.75) is 12.8 Å². The number of nitrogens with zero attached hydrogens (tertiary/aromatic N) is 1. The van der Waals surface area contributed by atoms with E-state index >= 15 is 0 Å². The first-order chi connectivity index (χ1) is 10.6. The second kappa shape index (κ2) is 5.90. The van der Waals surface area contributed by atoms with E-state index in [0.29, 0.717) is 0 Å². The van der Waals surface area contributed by atoms with Gasteiger partial charge in [0.15, 0.2) is 0 Å². The van der Waals surface area contributed by atoms with Crippen LogP contribution in [0.1, 0.15) is 28.3 Å². The number of pyridine rings is 1. The van der Waals surface area contributed by atoms with E-state index in [4.69, 9.17) is 0 Å². The number of benzene rings is 2. The van der Waals surface area contributed by atoms with Crippen molar-refractivity contribution in [3.8, 4) is 11.5 Å². The van der Waals surface area contributed by atoms with Crippen LogP contribution in [0.15, 0.2) is 66.9 Å². The van der Waals surface area contributed by atoms with Crippen molar-refractivity contribution >= 4 is 0 Å². The zero-order chi connectivity index (χ0) is 15.5. The van der Waals surface area contributed by atoms with Gasteiger partial charge < -0.3 is 10.2 Å². The highest BCUT2D eigenvalue weighted by atomic mass is 16.3. The van der Waals surface area contributed by atoms with E-state index in [1.165, 1.54) is 0 Å². The highest BCUT2D eigenvalue weighted by Gasteiger charge is 2.18. The van der Waals surface area contributed by atoms with Crippen LogP contribution in [0.2, 0.25) is 0 Å². The van der Waals surface area contributed by atoms with Gasteiger partial charge in [0.1, 0.15) is 11.5 Å². The smallest absolute Gasteiger partial charge is 0.115 e. The monoisotopic (exact) mass is 291 g/mol. The first-order valence-electron chi connectivity index (χ1n) is 7.14. The lowest BCUT2D eigenvalue weighted by Gasteiger charge is -2.18. The van der Waals surface area contributed by atoms with Crippen LogP contribution >= 0.6 is 0 Å². The lowest BCUT2D eigenvalue weighted by molar-refractivity contribution is 0.475. The summed E-state index contributed by atoms with van der Waals surface area (Å²) in [5.74, 6) is 0.442. The third-order valence-electron chi connectivity index (χ3n) is 3.68. The Morgan fingerprint density at radius 1 is 0.727 bits per heavy atom. The Morgan fingerprint density at radius 2 is 1.23 bits per heavy atom. The molecule has 0 saturated heterocycles. The molecular formula is C19H17NO2. The molecule has 0 aliphatic carbocycles. The fraction of sp³-hybridized carbons (Fsp3) is 0.105. The molecule has 0 aliphatic rings. The lowest BCUT2D eigenvalue weighted by Crippen LogP contribution is -2.05. The van der Waals surface area contributed by atoms with Gasteiger partial charge in [0, 0.05) is 6.20 Å². The van der Waals surface area contributed by atoms with Crippen LogP contribution in [0.25, 0.3) is 0 Å². The predicted molar refractivity (Wildman–Crippen MR) is 86.1 cm³/mol. The topological polar surface area (TPSA) is 53.4 Å². The van der Waals surface area contributed by atoms with Crippen LogP contribution in [0.4, 0.5) is 0 Å². The molecule has 0 amide bonds. The SMILES string of the molecule is Cc1ccc(C(c2ccc(O)cc2)c2ccc(O)cc2)nc1. The molecule has 3 heteroatoms. The normalized spacial score (nSPS) is 10.8. The van der Waals surface area contributed by atoms with Gasteiger partial charge in [-0.15, -0.1) is 0 Å². The molecule has 0 aliphatic heterocycles. The second-order valence-electron chi connectivity index (χ2n) is 5.38. The lowest BCUT2D eigenvalue weighted by atomic mass is 9.88. The summed E-state index contributed by atoms with van der Waals surface area (Å²) in [5.41, 5.74) is 4.13. The van der Waals surface area contributed by atoms with Crippen LogP contribution in [-0.2, 0) is 0 Å². The fourth-order valence-electron chi connectivity index (χ4n) is 2.52. The van der Waals surface area contributed by atoms with Gasteiger partial charge in [-0.05, 0) is 53.9 Å².